The summed E-state index contributed by atoms with van der Waals surface area (Å²) in [6.45, 7) is 55.4. The molecule has 0 saturated carbocycles. The number of fused-ring (bicyclic) bond motifs is 5. The average molecular weight is 2230 g/mol. The van der Waals surface area contributed by atoms with Gasteiger partial charge in [-0.25, -0.2) is 59.6 Å². The molecule has 0 amide bonds. The Bertz CT molecular complexity index is 6150. The molecule has 0 saturated heterocycles. The molecular weight excluding hydrogens is 2080 g/mol. The van der Waals surface area contributed by atoms with Gasteiger partial charge in [-0.3, -0.25) is 33.9 Å². The molecular formula is C103H146BCl6N24NaO9Sn. The van der Waals surface area contributed by atoms with Gasteiger partial charge in [0.1, 0.15) is 39.7 Å². The van der Waals surface area contributed by atoms with Crippen LogP contribution in [0.1, 0.15) is 181 Å². The SMILES string of the molecule is CC.CC.CC.CC.CC.CC.CC.CC.CCC.CCN.CCNc1ncccc1N.CCNc1ncccc1[N+](=O)[O-].CCn1c(-c2ccc(-c3ccc(O)cc3)cc2)nc2cccnc21.CCn1c(=O)[nH]c2cccnc21.CCn1c(Cl)nc2cccnc21.CCn1c(Cl)nc2cccnc21.COc1ccc(-c2ccc(B(O)O)cc2)cc1.Clc1nc2ncccc2[nH]1.O=[N+]([O-])c1cccnc1Cl.[Cl][Sn][Cl].[H-].[Na+]. The van der Waals surface area contributed by atoms with Crippen molar-refractivity contribution in [1.29, 1.82) is 0 Å². The van der Waals surface area contributed by atoms with Crippen LogP contribution in [-0.4, -0.2) is 166 Å². The first-order valence-corrected chi connectivity index (χ1v) is 56.5. The molecule has 42 heteroatoms. The number of imidazole rings is 5. The fraction of sp³-hybridized carbons (Fsp3) is 0.330. The number of aryl methyl sites for hydroxylation is 4. The maximum atomic E-state index is 11.2. The van der Waals surface area contributed by atoms with Gasteiger partial charge >= 0.3 is 90.5 Å². The minimum atomic E-state index is -1.42. The number of anilines is 3. The van der Waals surface area contributed by atoms with E-state index in [9.17, 15) is 30.1 Å². The Morgan fingerprint density at radius 1 is 0.434 bits per heavy atom. The van der Waals surface area contributed by atoms with Crippen LogP contribution in [0.25, 0.3) is 89.5 Å². The summed E-state index contributed by atoms with van der Waals surface area (Å²) < 4.78 is 12.6. The van der Waals surface area contributed by atoms with E-state index in [0.29, 0.717) is 51.6 Å². The van der Waals surface area contributed by atoms with Crippen LogP contribution in [0, 0.1) is 20.2 Å². The summed E-state index contributed by atoms with van der Waals surface area (Å²) in [5, 5.41) is 55.1. The monoisotopic (exact) mass is 2230 g/mol. The number of aromatic hydroxyl groups is 1. The van der Waals surface area contributed by atoms with Gasteiger partial charge in [-0.1, -0.05) is 222 Å². The number of rotatable bonds is 15. The molecule has 0 atom stereocenters. The minimum absolute atomic E-state index is 0. The molecule has 11 N–H and O–H groups in total. The summed E-state index contributed by atoms with van der Waals surface area (Å²) in [5.74, 6) is 3.12. The molecule has 17 rings (SSSR count). The molecule has 0 bridgehead atoms. The zero-order valence-corrected chi connectivity index (χ0v) is 98.0. The number of halogens is 6. The molecule has 33 nitrogen and oxygen atoms in total. The average Bonchev–Trinajstić information content (AvgIpc) is 1.64. The second kappa shape index (κ2) is 86.8. The van der Waals surface area contributed by atoms with Crippen LogP contribution in [0.5, 0.6) is 11.5 Å². The summed E-state index contributed by atoms with van der Waals surface area (Å²) in [7, 11) is 10.1. The maximum Gasteiger partial charge on any atom is 1.00 e. The van der Waals surface area contributed by atoms with Gasteiger partial charge in [-0.05, 0) is 220 Å². The first-order valence-electron chi connectivity index (χ1n) is 47.8. The molecule has 0 aliphatic carbocycles. The van der Waals surface area contributed by atoms with Crippen LogP contribution in [0.2, 0.25) is 21.0 Å². The molecule has 13 aromatic heterocycles. The number of hydrogen-bond acceptors (Lipinski definition) is 25. The van der Waals surface area contributed by atoms with Crippen molar-refractivity contribution >= 4 is 180 Å². The molecule has 13 heterocycles. The topological polar surface area (TPSA) is 455 Å². The van der Waals surface area contributed by atoms with Crippen molar-refractivity contribution in [2.24, 2.45) is 5.73 Å². The molecule has 0 unspecified atom stereocenters. The number of ether oxygens (including phenoxy) is 1. The number of pyridine rings is 8. The van der Waals surface area contributed by atoms with Gasteiger partial charge in [-0.2, -0.15) is 4.98 Å². The van der Waals surface area contributed by atoms with Crippen LogP contribution in [0.15, 0.2) is 248 Å². The van der Waals surface area contributed by atoms with E-state index >= 15 is 0 Å². The molecule has 145 heavy (non-hydrogen) atoms. The summed E-state index contributed by atoms with van der Waals surface area (Å²) in [5.41, 5.74) is 25.0. The third kappa shape index (κ3) is 50.0. The van der Waals surface area contributed by atoms with E-state index in [1.165, 1.54) is 37.0 Å². The Morgan fingerprint density at radius 2 is 0.772 bits per heavy atom. The fourth-order valence-electron chi connectivity index (χ4n) is 11.2. The Balaban J connectivity index is -0.000000501. The predicted molar refractivity (Wildman–Crippen MR) is 609 cm³/mol. The van der Waals surface area contributed by atoms with Crippen molar-refractivity contribution in [2.75, 3.05) is 43.1 Å². The first-order chi connectivity index (χ1) is 69.9. The molecule has 0 spiro atoms. The molecule has 4 aromatic carbocycles. The Morgan fingerprint density at radius 3 is 1.17 bits per heavy atom. The van der Waals surface area contributed by atoms with Crippen molar-refractivity contribution in [3.8, 4) is 45.1 Å². The Hall–Kier alpha value is -11.5. The minimum Gasteiger partial charge on any atom is -1.00 e. The van der Waals surface area contributed by atoms with E-state index in [2.05, 4.69) is 125 Å². The number of methoxy groups -OCH3 is 1. The number of phenols is 1. The van der Waals surface area contributed by atoms with E-state index in [4.69, 9.17) is 95.5 Å². The van der Waals surface area contributed by atoms with Crippen molar-refractivity contribution in [2.45, 2.75) is 206 Å². The largest absolute Gasteiger partial charge is 1.00 e. The molecule has 0 fully saturated rings. The molecule has 0 aliphatic heterocycles. The zero-order chi connectivity index (χ0) is 109. The fourth-order valence-corrected chi connectivity index (χ4v) is 12.1. The number of aromatic amines is 2. The van der Waals surface area contributed by atoms with Crippen LogP contribution < -0.4 is 67.5 Å². The van der Waals surface area contributed by atoms with Gasteiger partial charge in [0.25, 0.3) is 0 Å². The van der Waals surface area contributed by atoms with Crippen LogP contribution in [0.3, 0.4) is 0 Å². The van der Waals surface area contributed by atoms with Gasteiger partial charge in [-0.15, -0.1) is 0 Å². The number of nitrogens with one attached hydrogen (secondary N) is 4. The van der Waals surface area contributed by atoms with Crippen molar-refractivity contribution < 1.29 is 60.7 Å². The third-order valence-electron chi connectivity index (χ3n) is 16.9. The summed E-state index contributed by atoms with van der Waals surface area (Å²) in [6.07, 6.45) is 14.5. The Kier molecular flexibility index (Phi) is 83.7. The Labute approximate surface area is 916 Å². The zero-order valence-electron chi connectivity index (χ0n) is 89.6. The number of nitrogen functional groups attached to an aromatic ring is 1. The number of nitrogens with zero attached hydrogens (tertiary/aromatic N) is 18. The second-order valence-corrected chi connectivity index (χ2v) is 31.3. The van der Waals surface area contributed by atoms with Gasteiger partial charge in [0.15, 0.2) is 28.2 Å². The van der Waals surface area contributed by atoms with Crippen molar-refractivity contribution in [3.05, 3.63) is 295 Å². The van der Waals surface area contributed by atoms with Crippen LogP contribution >= 0.6 is 64.2 Å². The van der Waals surface area contributed by atoms with Crippen LogP contribution in [-0.2, 0) is 26.2 Å². The number of phenolic OH excluding ortho intramolecular Hbond substituents is 1. The third-order valence-corrected chi connectivity index (χ3v) is 17.9. The van der Waals surface area contributed by atoms with Crippen LogP contribution in [0.4, 0.5) is 28.7 Å². The number of benzene rings is 4. The molecule has 17 aromatic rings. The number of aromatic nitrogens is 18. The summed E-state index contributed by atoms with van der Waals surface area (Å²) in [4.78, 5) is 85.6. The van der Waals surface area contributed by atoms with Crippen molar-refractivity contribution in [1.82, 2.24) is 88.0 Å². The van der Waals surface area contributed by atoms with Gasteiger partial charge in [0, 0.05) is 107 Å². The normalized spacial score (nSPS) is 9.18. The smallest absolute Gasteiger partial charge is 1.00 e. The number of H-pyrrole nitrogens is 2. The number of nitro groups is 2. The van der Waals surface area contributed by atoms with E-state index in [-0.39, 0.29) is 59.0 Å². The van der Waals surface area contributed by atoms with Gasteiger partial charge in [0.2, 0.25) is 26.8 Å². The summed E-state index contributed by atoms with van der Waals surface area (Å²) >= 11 is 21.9. The predicted octanol–water partition coefficient (Wildman–Crippen LogP) is 24.0. The molecule has 782 valence electrons. The van der Waals surface area contributed by atoms with E-state index in [1.54, 1.807) is 85.3 Å². The van der Waals surface area contributed by atoms with Gasteiger partial charge in [0.05, 0.1) is 33.7 Å². The van der Waals surface area contributed by atoms with E-state index < -0.39 is 35.9 Å². The van der Waals surface area contributed by atoms with E-state index in [0.717, 1.165) is 128 Å². The maximum absolute atomic E-state index is 11.2. The quantitative estimate of drug-likeness (QED) is 0.0199. The molecule has 2 radical (unpaired) electrons. The first kappa shape index (κ1) is 140. The van der Waals surface area contributed by atoms with Crippen molar-refractivity contribution in [3.63, 3.8) is 0 Å². The van der Waals surface area contributed by atoms with Gasteiger partial charge < -0.3 is 58.0 Å². The second-order valence-electron chi connectivity index (χ2n) is 25.7. The summed E-state index contributed by atoms with van der Waals surface area (Å²) in [6, 6.07) is 58.5. The number of hydrogen-bond donors (Lipinski definition) is 9. The molecule has 0 aliphatic rings. The number of nitrogens with two attached hydrogens (primary N) is 2. The van der Waals surface area contributed by atoms with E-state index in [1.807, 2.05) is 277 Å². The standard InChI is InChI=1S/C20H17N3O.C13H13BO3.2C8H8ClN3.C8H9N3O.C7H9N3O2.C7H11N3.C6H4ClN3.C5H3ClN2O2.C3H8.C2H7N.8C2H6.2ClH.Na.Sn.H/c1-2-23-19(22-18-4-3-13-21-20(18)23)16-7-5-14(6-8-16)15-9-11-17(24)12-10-15;1-17-13-8-4-11(5-9-13)10-2-6-12(7-3-10)14(15)16;2*1-2-12-7-6(11-8(12)9)4-3-5-10-7;1-2-11-7-6(10-8(11)12)4-3-5-9-7;1-2-8-7-6(10(11)12)4-3-5-9-7;1-2-9-7-6(8)4-3-5-10-7;7-6-9-4-2-1-3-8-5(4)10-6;6-5-4(8(9)10)2-1-3-7-5;1-3-2;1-2-3;8*1-2;;;;;/h3-13,24H,2H2,1H3;2-9,15-16H,1H3;2*3-5H,2H2,1H3;3-5H,2H2,1H3,(H,10,12);3-5H,2H2,1H3,(H,8,9);3-5H,2,8H2,1H3,(H,9,10);1-3H,(H,8,9,10);1-3H;3H2,1-2H3;2-3H2,1H3;8*1-2H3;2*1H;;;/q;;;;;;;;;;;;;;;;;;;;;+1;+2;-1/p-2.